The summed E-state index contributed by atoms with van der Waals surface area (Å²) in [6, 6.07) is 9.81. The van der Waals surface area contributed by atoms with Crippen LogP contribution in [-0.4, -0.2) is 23.1 Å². The van der Waals surface area contributed by atoms with E-state index in [1.54, 1.807) is 44.2 Å². The number of phenolic OH excluding ortho intramolecular Hbond substituents is 2. The number of methoxy groups -OCH3 is 1. The molecule has 0 aliphatic rings. The van der Waals surface area contributed by atoms with Crippen molar-refractivity contribution in [2.24, 2.45) is 0 Å². The van der Waals surface area contributed by atoms with Gasteiger partial charge < -0.3 is 14.9 Å². The minimum Gasteiger partial charge on any atom is -0.508 e. The van der Waals surface area contributed by atoms with E-state index in [1.165, 1.54) is 13.2 Å². The third-order valence-electron chi connectivity index (χ3n) is 3.95. The predicted octanol–water partition coefficient (Wildman–Crippen LogP) is 4.09. The van der Waals surface area contributed by atoms with Gasteiger partial charge in [0, 0.05) is 11.6 Å². The summed E-state index contributed by atoms with van der Waals surface area (Å²) < 4.78 is 5.09. The van der Waals surface area contributed by atoms with Crippen LogP contribution in [0.1, 0.15) is 35.3 Å². The van der Waals surface area contributed by atoms with Crippen molar-refractivity contribution in [2.45, 2.75) is 20.8 Å². The SMILES string of the molecule is COc1cc(C)c(C(=O)/C(C)=C(\C)c2ccc(O)cc2)c(O)c1. The van der Waals surface area contributed by atoms with Gasteiger partial charge in [0.15, 0.2) is 5.78 Å². The maximum absolute atomic E-state index is 12.8. The molecule has 0 aliphatic carbocycles. The average molecular weight is 312 g/mol. The van der Waals surface area contributed by atoms with Gasteiger partial charge in [0.1, 0.15) is 17.2 Å². The number of aryl methyl sites for hydroxylation is 1. The first-order valence-corrected chi connectivity index (χ1v) is 7.24. The monoisotopic (exact) mass is 312 g/mol. The number of ketones is 1. The van der Waals surface area contributed by atoms with E-state index in [4.69, 9.17) is 4.74 Å². The predicted molar refractivity (Wildman–Crippen MR) is 90.1 cm³/mol. The number of Topliss-reactive ketones (excluding diaryl/α,β-unsaturated/α-hetero) is 1. The summed E-state index contributed by atoms with van der Waals surface area (Å²) in [5, 5.41) is 19.5. The number of hydrogen-bond donors (Lipinski definition) is 2. The first-order valence-electron chi connectivity index (χ1n) is 7.24. The second-order valence-corrected chi connectivity index (χ2v) is 5.46. The van der Waals surface area contributed by atoms with E-state index in [0.29, 0.717) is 16.9 Å². The van der Waals surface area contributed by atoms with Crippen LogP contribution in [0.3, 0.4) is 0 Å². The highest BCUT2D eigenvalue weighted by atomic mass is 16.5. The summed E-state index contributed by atoms with van der Waals surface area (Å²) in [5.41, 5.74) is 3.12. The summed E-state index contributed by atoms with van der Waals surface area (Å²) in [6.45, 7) is 5.34. The van der Waals surface area contributed by atoms with Crippen molar-refractivity contribution in [2.75, 3.05) is 7.11 Å². The zero-order valence-corrected chi connectivity index (χ0v) is 13.7. The molecule has 4 nitrogen and oxygen atoms in total. The molecular weight excluding hydrogens is 292 g/mol. The van der Waals surface area contributed by atoms with Crippen LogP contribution in [-0.2, 0) is 0 Å². The van der Waals surface area contributed by atoms with Gasteiger partial charge in [-0.05, 0) is 55.7 Å². The highest BCUT2D eigenvalue weighted by molar-refractivity contribution is 6.14. The van der Waals surface area contributed by atoms with Crippen LogP contribution in [0.15, 0.2) is 42.0 Å². The molecule has 0 aliphatic heterocycles. The first-order chi connectivity index (χ1) is 10.8. The lowest BCUT2D eigenvalue weighted by molar-refractivity contribution is 0.103. The van der Waals surface area contributed by atoms with E-state index in [0.717, 1.165) is 11.1 Å². The number of allylic oxidation sites excluding steroid dienone is 2. The van der Waals surface area contributed by atoms with Gasteiger partial charge in [0.05, 0.1) is 12.7 Å². The van der Waals surface area contributed by atoms with Gasteiger partial charge in [0.2, 0.25) is 0 Å². The van der Waals surface area contributed by atoms with Gasteiger partial charge in [-0.15, -0.1) is 0 Å². The van der Waals surface area contributed by atoms with E-state index < -0.39 is 0 Å². The van der Waals surface area contributed by atoms with Crippen LogP contribution in [0.2, 0.25) is 0 Å². The minimum atomic E-state index is -0.228. The van der Waals surface area contributed by atoms with Gasteiger partial charge in [-0.2, -0.15) is 0 Å². The molecule has 2 N–H and O–H groups in total. The molecule has 0 fully saturated rings. The Morgan fingerprint density at radius 2 is 1.65 bits per heavy atom. The standard InChI is InChI=1S/C19H20O4/c1-11-9-16(23-4)10-17(21)18(11)19(22)13(3)12(2)14-5-7-15(20)8-6-14/h5-10,20-21H,1-4H3/b13-12+. The quantitative estimate of drug-likeness (QED) is 0.659. The molecule has 0 radical (unpaired) electrons. The van der Waals surface area contributed by atoms with E-state index in [9.17, 15) is 15.0 Å². The van der Waals surface area contributed by atoms with E-state index in [-0.39, 0.29) is 22.8 Å². The number of carbonyl (C=O) groups is 1. The molecule has 0 unspecified atom stereocenters. The van der Waals surface area contributed by atoms with E-state index in [2.05, 4.69) is 0 Å². The Balaban J connectivity index is 2.47. The van der Waals surface area contributed by atoms with Crippen molar-refractivity contribution < 1.29 is 19.7 Å². The zero-order chi connectivity index (χ0) is 17.1. The lowest BCUT2D eigenvalue weighted by Gasteiger charge is -2.12. The number of aromatic hydroxyl groups is 2. The fourth-order valence-corrected chi connectivity index (χ4v) is 2.44. The van der Waals surface area contributed by atoms with Crippen LogP contribution >= 0.6 is 0 Å². The molecule has 0 amide bonds. The Morgan fingerprint density at radius 1 is 1.04 bits per heavy atom. The molecule has 23 heavy (non-hydrogen) atoms. The molecule has 0 spiro atoms. The molecule has 2 rings (SSSR count). The third-order valence-corrected chi connectivity index (χ3v) is 3.95. The van der Waals surface area contributed by atoms with Crippen molar-refractivity contribution in [3.05, 3.63) is 58.7 Å². The van der Waals surface area contributed by atoms with Crippen molar-refractivity contribution in [3.8, 4) is 17.2 Å². The van der Waals surface area contributed by atoms with Gasteiger partial charge in [-0.1, -0.05) is 12.1 Å². The average Bonchev–Trinajstić information content (AvgIpc) is 2.53. The molecule has 0 atom stereocenters. The number of rotatable bonds is 4. The largest absolute Gasteiger partial charge is 0.508 e. The van der Waals surface area contributed by atoms with Crippen molar-refractivity contribution >= 4 is 11.4 Å². The number of ether oxygens (including phenoxy) is 1. The van der Waals surface area contributed by atoms with Gasteiger partial charge in [0.25, 0.3) is 0 Å². The summed E-state index contributed by atoms with van der Waals surface area (Å²) in [4.78, 5) is 12.8. The lowest BCUT2D eigenvalue weighted by atomic mass is 9.93. The fraction of sp³-hybridized carbons (Fsp3) is 0.211. The van der Waals surface area contributed by atoms with Crippen LogP contribution in [0.5, 0.6) is 17.2 Å². The van der Waals surface area contributed by atoms with E-state index >= 15 is 0 Å². The molecule has 0 saturated heterocycles. The second kappa shape index (κ2) is 6.57. The Bertz CT molecular complexity index is 747. The third kappa shape index (κ3) is 3.37. The summed E-state index contributed by atoms with van der Waals surface area (Å²) in [7, 11) is 1.51. The molecule has 2 aromatic rings. The molecule has 0 bridgehead atoms. The van der Waals surface area contributed by atoms with E-state index in [1.807, 2.05) is 6.92 Å². The normalized spacial score (nSPS) is 11.8. The number of benzene rings is 2. The van der Waals surface area contributed by atoms with Crippen molar-refractivity contribution in [1.82, 2.24) is 0 Å². The maximum atomic E-state index is 12.8. The number of hydrogen-bond acceptors (Lipinski definition) is 4. The Kier molecular flexibility index (Phi) is 4.74. The van der Waals surface area contributed by atoms with Gasteiger partial charge in [-0.25, -0.2) is 0 Å². The summed E-state index contributed by atoms with van der Waals surface area (Å²) >= 11 is 0. The molecule has 2 aromatic carbocycles. The molecular formula is C19H20O4. The van der Waals surface area contributed by atoms with Crippen LogP contribution in [0, 0.1) is 6.92 Å². The Hall–Kier alpha value is -2.75. The Labute approximate surface area is 135 Å². The highest BCUT2D eigenvalue weighted by Gasteiger charge is 2.19. The number of phenols is 2. The summed E-state index contributed by atoms with van der Waals surface area (Å²) in [6.07, 6.45) is 0. The van der Waals surface area contributed by atoms with Gasteiger partial charge in [-0.3, -0.25) is 4.79 Å². The van der Waals surface area contributed by atoms with Crippen molar-refractivity contribution in [3.63, 3.8) is 0 Å². The molecule has 4 heteroatoms. The minimum absolute atomic E-state index is 0.0929. The smallest absolute Gasteiger partial charge is 0.193 e. The molecule has 0 aromatic heterocycles. The molecule has 0 heterocycles. The fourth-order valence-electron chi connectivity index (χ4n) is 2.44. The molecule has 120 valence electrons. The van der Waals surface area contributed by atoms with Crippen LogP contribution in [0.4, 0.5) is 0 Å². The topological polar surface area (TPSA) is 66.8 Å². The van der Waals surface area contributed by atoms with Crippen LogP contribution < -0.4 is 4.74 Å². The Morgan fingerprint density at radius 3 is 2.17 bits per heavy atom. The zero-order valence-electron chi connectivity index (χ0n) is 13.7. The first kappa shape index (κ1) is 16.6. The lowest BCUT2D eigenvalue weighted by Crippen LogP contribution is -2.06. The maximum Gasteiger partial charge on any atom is 0.193 e. The van der Waals surface area contributed by atoms with Gasteiger partial charge >= 0.3 is 0 Å². The van der Waals surface area contributed by atoms with Crippen molar-refractivity contribution in [1.29, 1.82) is 0 Å². The second-order valence-electron chi connectivity index (χ2n) is 5.46. The van der Waals surface area contributed by atoms with Crippen LogP contribution in [0.25, 0.3) is 5.57 Å². The highest BCUT2D eigenvalue weighted by Crippen LogP contribution is 2.31. The number of carbonyl (C=O) groups excluding carboxylic acids is 1. The summed E-state index contributed by atoms with van der Waals surface area (Å²) in [5.74, 6) is 0.362. The molecule has 0 saturated carbocycles.